The first kappa shape index (κ1) is 11.7. The zero-order valence-corrected chi connectivity index (χ0v) is 10.9. The van der Waals surface area contributed by atoms with Crippen molar-refractivity contribution in [2.75, 3.05) is 5.32 Å². The maximum atomic E-state index is 4.37. The highest BCUT2D eigenvalue weighted by atomic mass is 14.9. The largest absolute Gasteiger partial charge is 0.377 e. The van der Waals surface area contributed by atoms with Gasteiger partial charge in [0.1, 0.15) is 0 Å². The molecule has 19 heavy (non-hydrogen) atoms. The molecular weight excluding hydrogens is 232 g/mol. The molecule has 0 fully saturated rings. The summed E-state index contributed by atoms with van der Waals surface area (Å²) in [6, 6.07) is 21.0. The molecule has 0 aliphatic rings. The second kappa shape index (κ2) is 5.11. The number of anilines is 1. The second-order valence-electron chi connectivity index (χ2n) is 4.68. The molecule has 1 unspecified atom stereocenters. The van der Waals surface area contributed by atoms with Gasteiger partial charge in [0.25, 0.3) is 0 Å². The normalized spacial score (nSPS) is 12.3. The molecule has 2 aromatic carbocycles. The lowest BCUT2D eigenvalue weighted by Crippen LogP contribution is -2.07. The van der Waals surface area contributed by atoms with Crippen molar-refractivity contribution in [3.63, 3.8) is 0 Å². The summed E-state index contributed by atoms with van der Waals surface area (Å²) < 4.78 is 0. The average Bonchev–Trinajstić information content (AvgIpc) is 2.48. The van der Waals surface area contributed by atoms with Crippen LogP contribution in [0.2, 0.25) is 0 Å². The van der Waals surface area contributed by atoms with Gasteiger partial charge in [-0.3, -0.25) is 4.98 Å². The highest BCUT2D eigenvalue weighted by Gasteiger charge is 2.05. The van der Waals surface area contributed by atoms with Gasteiger partial charge in [-0.25, -0.2) is 0 Å². The number of nitrogens with zero attached hydrogens (tertiary/aromatic N) is 1. The number of benzene rings is 2. The van der Waals surface area contributed by atoms with Crippen molar-refractivity contribution in [1.82, 2.24) is 4.98 Å². The molecule has 1 N–H and O–H groups in total. The van der Waals surface area contributed by atoms with Crippen LogP contribution in [0.1, 0.15) is 18.7 Å². The molecule has 0 spiro atoms. The van der Waals surface area contributed by atoms with Crippen LogP contribution in [0.15, 0.2) is 66.9 Å². The van der Waals surface area contributed by atoms with E-state index in [9.17, 15) is 0 Å². The number of pyridine rings is 1. The third kappa shape index (κ3) is 2.58. The maximum Gasteiger partial charge on any atom is 0.0657 e. The van der Waals surface area contributed by atoms with E-state index in [1.807, 2.05) is 24.4 Å². The van der Waals surface area contributed by atoms with E-state index in [4.69, 9.17) is 0 Å². The molecule has 3 rings (SSSR count). The van der Waals surface area contributed by atoms with Crippen LogP contribution >= 0.6 is 0 Å². The van der Waals surface area contributed by atoms with Gasteiger partial charge in [0.15, 0.2) is 0 Å². The van der Waals surface area contributed by atoms with Crippen molar-refractivity contribution >= 4 is 16.5 Å². The number of fused-ring (bicyclic) bond motifs is 1. The zero-order valence-electron chi connectivity index (χ0n) is 10.9. The smallest absolute Gasteiger partial charge is 0.0657 e. The van der Waals surface area contributed by atoms with Crippen molar-refractivity contribution in [2.45, 2.75) is 13.0 Å². The van der Waals surface area contributed by atoms with Crippen LogP contribution in [0, 0.1) is 0 Å². The van der Waals surface area contributed by atoms with Gasteiger partial charge in [-0.15, -0.1) is 0 Å². The lowest BCUT2D eigenvalue weighted by atomic mass is 10.1. The number of rotatable bonds is 3. The lowest BCUT2D eigenvalue weighted by molar-refractivity contribution is 0.840. The van der Waals surface area contributed by atoms with Crippen LogP contribution in [0.3, 0.4) is 0 Å². The van der Waals surface area contributed by atoms with E-state index >= 15 is 0 Å². The first-order valence-corrected chi connectivity index (χ1v) is 6.49. The second-order valence-corrected chi connectivity index (χ2v) is 4.68. The Morgan fingerprint density at radius 3 is 2.47 bits per heavy atom. The zero-order chi connectivity index (χ0) is 13.1. The van der Waals surface area contributed by atoms with E-state index < -0.39 is 0 Å². The third-order valence-electron chi connectivity index (χ3n) is 3.26. The predicted octanol–water partition coefficient (Wildman–Crippen LogP) is 4.41. The van der Waals surface area contributed by atoms with Crippen LogP contribution in [-0.4, -0.2) is 4.98 Å². The summed E-state index contributed by atoms with van der Waals surface area (Å²) in [5.41, 5.74) is 2.17. The summed E-state index contributed by atoms with van der Waals surface area (Å²) in [6.07, 6.45) is 1.83. The molecule has 0 radical (unpaired) electrons. The van der Waals surface area contributed by atoms with E-state index in [1.165, 1.54) is 10.8 Å². The van der Waals surface area contributed by atoms with Gasteiger partial charge in [-0.1, -0.05) is 36.4 Å². The van der Waals surface area contributed by atoms with Crippen molar-refractivity contribution < 1.29 is 0 Å². The first-order valence-electron chi connectivity index (χ1n) is 6.49. The molecule has 1 aromatic heterocycles. The molecule has 0 saturated heterocycles. The average molecular weight is 248 g/mol. The Balaban J connectivity index is 1.85. The van der Waals surface area contributed by atoms with E-state index in [0.29, 0.717) is 0 Å². The SMILES string of the molecule is CC(Nc1ccc2ccccc2c1)c1ccccn1. The number of hydrogen-bond acceptors (Lipinski definition) is 2. The van der Waals surface area contributed by atoms with Gasteiger partial charge in [0.2, 0.25) is 0 Å². The number of nitrogens with one attached hydrogen (secondary N) is 1. The van der Waals surface area contributed by atoms with Gasteiger partial charge >= 0.3 is 0 Å². The van der Waals surface area contributed by atoms with Gasteiger partial charge in [0.05, 0.1) is 11.7 Å². The number of aromatic nitrogens is 1. The molecule has 2 nitrogen and oxygen atoms in total. The molecule has 2 heteroatoms. The molecule has 0 aliphatic heterocycles. The molecule has 0 amide bonds. The van der Waals surface area contributed by atoms with Gasteiger partial charge < -0.3 is 5.32 Å². The molecule has 3 aromatic rings. The van der Waals surface area contributed by atoms with E-state index in [1.54, 1.807) is 0 Å². The van der Waals surface area contributed by atoms with Gasteiger partial charge in [-0.2, -0.15) is 0 Å². The Kier molecular flexibility index (Phi) is 3.15. The summed E-state index contributed by atoms with van der Waals surface area (Å²) in [5, 5.41) is 6.00. The van der Waals surface area contributed by atoms with E-state index in [-0.39, 0.29) is 6.04 Å². The standard InChI is InChI=1S/C17H16N2/c1-13(17-8-4-5-11-18-17)19-16-10-9-14-6-2-3-7-15(14)12-16/h2-13,19H,1H3. The molecule has 0 saturated carbocycles. The molecule has 0 aliphatic carbocycles. The summed E-state index contributed by atoms with van der Waals surface area (Å²) in [6.45, 7) is 2.12. The minimum atomic E-state index is 0.197. The highest BCUT2D eigenvalue weighted by Crippen LogP contribution is 2.22. The van der Waals surface area contributed by atoms with Crippen LogP contribution in [0.4, 0.5) is 5.69 Å². The topological polar surface area (TPSA) is 24.9 Å². The van der Waals surface area contributed by atoms with E-state index in [2.05, 4.69) is 59.7 Å². The molecule has 94 valence electrons. The van der Waals surface area contributed by atoms with Crippen molar-refractivity contribution in [3.05, 3.63) is 72.6 Å². The van der Waals surface area contributed by atoms with E-state index in [0.717, 1.165) is 11.4 Å². The Hall–Kier alpha value is -2.35. The quantitative estimate of drug-likeness (QED) is 0.742. The monoisotopic (exact) mass is 248 g/mol. The summed E-state index contributed by atoms with van der Waals surface area (Å²) in [7, 11) is 0. The maximum absolute atomic E-state index is 4.37. The van der Waals surface area contributed by atoms with Crippen molar-refractivity contribution in [3.8, 4) is 0 Å². The molecule has 0 bridgehead atoms. The number of hydrogen-bond donors (Lipinski definition) is 1. The van der Waals surface area contributed by atoms with Crippen molar-refractivity contribution in [1.29, 1.82) is 0 Å². The van der Waals surface area contributed by atoms with Crippen LogP contribution in [0.25, 0.3) is 10.8 Å². The minimum Gasteiger partial charge on any atom is -0.377 e. The molecule has 1 atom stereocenters. The minimum absolute atomic E-state index is 0.197. The summed E-state index contributed by atoms with van der Waals surface area (Å²) in [4.78, 5) is 4.37. The summed E-state index contributed by atoms with van der Waals surface area (Å²) >= 11 is 0. The Bertz CT molecular complexity index is 677. The fourth-order valence-corrected chi connectivity index (χ4v) is 2.24. The van der Waals surface area contributed by atoms with Crippen LogP contribution in [0.5, 0.6) is 0 Å². The van der Waals surface area contributed by atoms with Crippen LogP contribution in [-0.2, 0) is 0 Å². The molecule has 1 heterocycles. The van der Waals surface area contributed by atoms with Gasteiger partial charge in [-0.05, 0) is 42.0 Å². The van der Waals surface area contributed by atoms with Crippen molar-refractivity contribution in [2.24, 2.45) is 0 Å². The fourth-order valence-electron chi connectivity index (χ4n) is 2.24. The Labute approximate surface area is 113 Å². The predicted molar refractivity (Wildman–Crippen MR) is 80.2 cm³/mol. The van der Waals surface area contributed by atoms with Crippen LogP contribution < -0.4 is 5.32 Å². The van der Waals surface area contributed by atoms with Gasteiger partial charge in [0, 0.05) is 11.9 Å². The first-order chi connectivity index (χ1) is 9.33. The molecular formula is C17H16N2. The Morgan fingerprint density at radius 2 is 1.68 bits per heavy atom. The lowest BCUT2D eigenvalue weighted by Gasteiger charge is -2.15. The third-order valence-corrected chi connectivity index (χ3v) is 3.26. The summed E-state index contributed by atoms with van der Waals surface area (Å²) in [5.74, 6) is 0. The fraction of sp³-hybridized carbons (Fsp3) is 0.118. The highest BCUT2D eigenvalue weighted by molar-refractivity contribution is 5.85. The Morgan fingerprint density at radius 1 is 0.895 bits per heavy atom.